The third-order valence-electron chi connectivity index (χ3n) is 3.32. The van der Waals surface area contributed by atoms with Gasteiger partial charge in [0.1, 0.15) is 0 Å². The molecule has 3 aromatic rings. The van der Waals surface area contributed by atoms with Crippen molar-refractivity contribution >= 4 is 52.7 Å². The summed E-state index contributed by atoms with van der Waals surface area (Å²) < 4.78 is 3.98. The number of hydrogen-bond acceptors (Lipinski definition) is 3. The van der Waals surface area contributed by atoms with Gasteiger partial charge in [-0.1, -0.05) is 46.9 Å². The van der Waals surface area contributed by atoms with E-state index in [1.807, 2.05) is 31.3 Å². The van der Waals surface area contributed by atoms with E-state index in [-0.39, 0.29) is 0 Å². The van der Waals surface area contributed by atoms with Crippen molar-refractivity contribution in [2.75, 3.05) is 7.05 Å². The number of hydrogen-bond donors (Lipinski definition) is 0. The van der Waals surface area contributed by atoms with Gasteiger partial charge in [0.05, 0.1) is 16.7 Å². The van der Waals surface area contributed by atoms with Gasteiger partial charge in [0.25, 0.3) is 0 Å². The minimum Gasteiger partial charge on any atom is -0.283 e. The Balaban J connectivity index is 1.85. The van der Waals surface area contributed by atoms with E-state index in [4.69, 9.17) is 47.0 Å². The van der Waals surface area contributed by atoms with Crippen LogP contribution >= 0.6 is 47.0 Å². The van der Waals surface area contributed by atoms with Gasteiger partial charge in [0, 0.05) is 17.8 Å². The number of fused-ring (bicyclic) bond motifs is 1. The average molecular weight is 388 g/mol. The lowest BCUT2D eigenvalue weighted by Crippen LogP contribution is -2.22. The van der Waals surface area contributed by atoms with Gasteiger partial charge >= 0.3 is 0 Å². The first-order valence-corrected chi connectivity index (χ1v) is 8.35. The van der Waals surface area contributed by atoms with E-state index in [9.17, 15) is 0 Å². The van der Waals surface area contributed by atoms with Crippen LogP contribution in [-0.4, -0.2) is 26.1 Å². The standard InChI is InChI=1S/C15H13Cl3N4S/c1-20(7-10-3-2-4-11(16)5-10)9-22-15(23)21-8-12(17)6-13(18)14(21)19-22/h2-6,8H,7,9H2,1H3. The van der Waals surface area contributed by atoms with Crippen LogP contribution in [0.1, 0.15) is 5.56 Å². The van der Waals surface area contributed by atoms with Crippen molar-refractivity contribution in [1.82, 2.24) is 19.1 Å². The van der Waals surface area contributed by atoms with E-state index >= 15 is 0 Å². The fraction of sp³-hybridized carbons (Fsp3) is 0.200. The molecule has 0 bridgehead atoms. The summed E-state index contributed by atoms with van der Waals surface area (Å²) in [5.41, 5.74) is 1.72. The molecule has 2 heterocycles. The molecule has 0 spiro atoms. The van der Waals surface area contributed by atoms with E-state index in [0.29, 0.717) is 27.1 Å². The van der Waals surface area contributed by atoms with E-state index in [1.54, 1.807) is 21.3 Å². The first-order chi connectivity index (χ1) is 10.9. The second kappa shape index (κ2) is 6.79. The molecule has 4 nitrogen and oxygen atoms in total. The van der Waals surface area contributed by atoms with Gasteiger partial charge in [-0.2, -0.15) is 0 Å². The molecule has 0 saturated heterocycles. The lowest BCUT2D eigenvalue weighted by Gasteiger charge is -2.16. The second-order valence-corrected chi connectivity index (χ2v) is 6.91. The molecule has 0 N–H and O–H groups in total. The Bertz CT molecular complexity index is 919. The maximum absolute atomic E-state index is 6.18. The summed E-state index contributed by atoms with van der Waals surface area (Å²) in [5, 5.41) is 6.18. The number of halogens is 3. The summed E-state index contributed by atoms with van der Waals surface area (Å²) in [6.07, 6.45) is 1.71. The Kier molecular flexibility index (Phi) is 4.94. The highest BCUT2D eigenvalue weighted by atomic mass is 35.5. The fourth-order valence-electron chi connectivity index (χ4n) is 2.36. The molecule has 0 unspecified atom stereocenters. The van der Waals surface area contributed by atoms with Crippen molar-refractivity contribution in [2.45, 2.75) is 13.2 Å². The molecule has 3 rings (SSSR count). The largest absolute Gasteiger partial charge is 0.283 e. The van der Waals surface area contributed by atoms with Crippen LogP contribution in [0.3, 0.4) is 0 Å². The van der Waals surface area contributed by atoms with Crippen molar-refractivity contribution in [3.63, 3.8) is 0 Å². The first-order valence-electron chi connectivity index (χ1n) is 6.81. The second-order valence-electron chi connectivity index (χ2n) is 5.27. The van der Waals surface area contributed by atoms with Gasteiger partial charge in [0.15, 0.2) is 5.65 Å². The van der Waals surface area contributed by atoms with Crippen molar-refractivity contribution in [3.05, 3.63) is 61.9 Å². The Morgan fingerprint density at radius 1 is 1.17 bits per heavy atom. The Hall–Kier alpha value is -1.11. The average Bonchev–Trinajstić information content (AvgIpc) is 2.76. The Labute approximate surface area is 153 Å². The molecule has 1 aromatic carbocycles. The predicted molar refractivity (Wildman–Crippen MR) is 97.0 cm³/mol. The first kappa shape index (κ1) is 16.7. The molecule has 2 aromatic heterocycles. The van der Waals surface area contributed by atoms with E-state index in [2.05, 4.69) is 10.00 Å². The molecular weight excluding hydrogens is 375 g/mol. The minimum atomic E-state index is 0.472. The van der Waals surface area contributed by atoms with Gasteiger partial charge in [-0.25, -0.2) is 4.68 Å². The summed E-state index contributed by atoms with van der Waals surface area (Å²) in [6.45, 7) is 1.26. The van der Waals surface area contributed by atoms with Crippen molar-refractivity contribution < 1.29 is 0 Å². The zero-order valence-electron chi connectivity index (χ0n) is 12.2. The molecule has 0 aliphatic rings. The van der Waals surface area contributed by atoms with Gasteiger partial charge in [-0.05, 0) is 43.0 Å². The number of aromatic nitrogens is 3. The van der Waals surface area contributed by atoms with Crippen LogP contribution in [-0.2, 0) is 13.2 Å². The highest BCUT2D eigenvalue weighted by Gasteiger charge is 2.10. The molecular formula is C15H13Cl3N4S. The maximum atomic E-state index is 6.18. The monoisotopic (exact) mass is 386 g/mol. The van der Waals surface area contributed by atoms with E-state index in [1.165, 1.54) is 0 Å². The third kappa shape index (κ3) is 3.70. The molecule has 120 valence electrons. The third-order valence-corrected chi connectivity index (χ3v) is 4.45. The summed E-state index contributed by atoms with van der Waals surface area (Å²) in [4.78, 5) is 2.09. The lowest BCUT2D eigenvalue weighted by atomic mass is 10.2. The molecule has 0 aliphatic heterocycles. The Morgan fingerprint density at radius 3 is 2.70 bits per heavy atom. The Morgan fingerprint density at radius 2 is 1.96 bits per heavy atom. The normalized spacial score (nSPS) is 11.5. The van der Waals surface area contributed by atoms with E-state index in [0.717, 1.165) is 17.1 Å². The zero-order chi connectivity index (χ0) is 16.6. The van der Waals surface area contributed by atoms with Crippen LogP contribution in [0.5, 0.6) is 0 Å². The van der Waals surface area contributed by atoms with Crippen LogP contribution in [0, 0.1) is 4.77 Å². The van der Waals surface area contributed by atoms with Crippen molar-refractivity contribution in [1.29, 1.82) is 0 Å². The van der Waals surface area contributed by atoms with E-state index < -0.39 is 0 Å². The van der Waals surface area contributed by atoms with Crippen molar-refractivity contribution in [2.24, 2.45) is 0 Å². The van der Waals surface area contributed by atoms with Crippen LogP contribution in [0.4, 0.5) is 0 Å². The molecule has 0 aliphatic carbocycles. The smallest absolute Gasteiger partial charge is 0.203 e. The molecule has 8 heteroatoms. The maximum Gasteiger partial charge on any atom is 0.203 e. The van der Waals surface area contributed by atoms with Crippen LogP contribution in [0.15, 0.2) is 36.5 Å². The summed E-state index contributed by atoms with van der Waals surface area (Å²) in [6, 6.07) is 9.42. The molecule has 0 atom stereocenters. The lowest BCUT2D eigenvalue weighted by molar-refractivity contribution is 0.245. The van der Waals surface area contributed by atoms with Gasteiger partial charge < -0.3 is 0 Å². The van der Waals surface area contributed by atoms with Gasteiger partial charge in [0.2, 0.25) is 4.77 Å². The van der Waals surface area contributed by atoms with Crippen LogP contribution < -0.4 is 0 Å². The van der Waals surface area contributed by atoms with Crippen molar-refractivity contribution in [3.8, 4) is 0 Å². The quantitative estimate of drug-likeness (QED) is 0.594. The predicted octanol–water partition coefficient (Wildman–Crippen LogP) is 4.91. The van der Waals surface area contributed by atoms with Crippen LogP contribution in [0.2, 0.25) is 15.1 Å². The molecule has 0 radical (unpaired) electrons. The molecule has 0 saturated carbocycles. The van der Waals surface area contributed by atoms with Gasteiger partial charge in [-0.3, -0.25) is 9.30 Å². The minimum absolute atomic E-state index is 0.472. The van der Waals surface area contributed by atoms with Gasteiger partial charge in [-0.15, -0.1) is 5.10 Å². The number of pyridine rings is 1. The molecule has 0 fully saturated rings. The number of benzene rings is 1. The number of rotatable bonds is 4. The summed E-state index contributed by atoms with van der Waals surface area (Å²) in [5.74, 6) is 0. The topological polar surface area (TPSA) is 25.5 Å². The highest BCUT2D eigenvalue weighted by molar-refractivity contribution is 7.71. The molecule has 0 amide bonds. The summed E-state index contributed by atoms with van der Waals surface area (Å²) in [7, 11) is 1.99. The summed E-state index contributed by atoms with van der Waals surface area (Å²) >= 11 is 23.7. The van der Waals surface area contributed by atoms with Crippen LogP contribution in [0.25, 0.3) is 5.65 Å². The zero-order valence-corrected chi connectivity index (χ0v) is 15.3. The fourth-order valence-corrected chi connectivity index (χ4v) is 3.32. The number of nitrogens with zero attached hydrogens (tertiary/aromatic N) is 4. The SMILES string of the molecule is CN(Cc1cccc(Cl)c1)Cn1nc2c(Cl)cc(Cl)cn2c1=S. The highest BCUT2D eigenvalue weighted by Crippen LogP contribution is 2.21. The molecule has 23 heavy (non-hydrogen) atoms.